The zero-order chi connectivity index (χ0) is 18.2. The number of benzene rings is 2. The van der Waals surface area contributed by atoms with Gasteiger partial charge in [0.25, 0.3) is 5.91 Å². The van der Waals surface area contributed by atoms with Crippen LogP contribution in [0.3, 0.4) is 0 Å². The van der Waals surface area contributed by atoms with E-state index in [1.165, 1.54) is 18.2 Å². The highest BCUT2D eigenvalue weighted by Crippen LogP contribution is 2.21. The van der Waals surface area contributed by atoms with Gasteiger partial charge in [-0.1, -0.05) is 41.9 Å². The van der Waals surface area contributed by atoms with Gasteiger partial charge in [-0.3, -0.25) is 4.79 Å². The van der Waals surface area contributed by atoms with Gasteiger partial charge in [-0.15, -0.1) is 0 Å². The molecule has 0 fully saturated rings. The maximum Gasteiger partial charge on any atom is 0.344 e. The van der Waals surface area contributed by atoms with Crippen LogP contribution in [0.25, 0.3) is 0 Å². The molecule has 0 saturated heterocycles. The van der Waals surface area contributed by atoms with Gasteiger partial charge >= 0.3 is 5.97 Å². The largest absolute Gasteiger partial charge is 0.479 e. The summed E-state index contributed by atoms with van der Waals surface area (Å²) < 4.78 is 23.1. The van der Waals surface area contributed by atoms with Crippen LogP contribution >= 0.6 is 11.6 Å². The Morgan fingerprint density at radius 3 is 2.52 bits per heavy atom. The van der Waals surface area contributed by atoms with E-state index in [0.717, 1.165) is 5.56 Å². The molecule has 0 unspecified atom stereocenters. The topological polar surface area (TPSA) is 64.6 Å². The van der Waals surface area contributed by atoms with Gasteiger partial charge in [0.1, 0.15) is 0 Å². The van der Waals surface area contributed by atoms with Crippen molar-refractivity contribution in [2.24, 2.45) is 0 Å². The number of hydrogen-bond donors (Lipinski definition) is 1. The molecule has 0 aromatic heterocycles. The van der Waals surface area contributed by atoms with Crippen LogP contribution in [0.1, 0.15) is 18.5 Å². The smallest absolute Gasteiger partial charge is 0.344 e. The number of hydrogen-bond acceptors (Lipinski definition) is 4. The molecule has 0 spiro atoms. The Bertz CT molecular complexity index is 753. The van der Waals surface area contributed by atoms with Crippen molar-refractivity contribution >= 4 is 23.5 Å². The predicted molar refractivity (Wildman–Crippen MR) is 90.9 cm³/mol. The summed E-state index contributed by atoms with van der Waals surface area (Å²) in [6, 6.07) is 12.5. The number of rotatable bonds is 7. The Morgan fingerprint density at radius 2 is 1.80 bits per heavy atom. The van der Waals surface area contributed by atoms with E-state index in [0.29, 0.717) is 5.02 Å². The number of ether oxygens (including phenoxy) is 2. The summed E-state index contributed by atoms with van der Waals surface area (Å²) in [7, 11) is 0. The van der Waals surface area contributed by atoms with Gasteiger partial charge in [-0.05, 0) is 30.7 Å². The number of carbonyl (C=O) groups is 2. The lowest BCUT2D eigenvalue weighted by molar-refractivity contribution is -0.150. The maximum absolute atomic E-state index is 13.3. The number of carbonyl (C=O) groups excluding carboxylic acids is 2. The predicted octanol–water partition coefficient (Wildman–Crippen LogP) is 3.28. The summed E-state index contributed by atoms with van der Waals surface area (Å²) in [5.41, 5.74) is 0.756. The summed E-state index contributed by atoms with van der Waals surface area (Å²) in [5, 5.41) is 3.21. The highest BCUT2D eigenvalue weighted by atomic mass is 35.5. The molecule has 0 saturated carbocycles. The molecular weight excluding hydrogens is 349 g/mol. The Kier molecular flexibility index (Phi) is 6.77. The lowest BCUT2D eigenvalue weighted by Gasteiger charge is -2.15. The number of amides is 1. The molecule has 0 aliphatic rings. The van der Waals surface area contributed by atoms with Crippen LogP contribution in [0.5, 0.6) is 5.75 Å². The second-order valence-corrected chi connectivity index (χ2v) is 5.60. The molecule has 0 aliphatic heterocycles. The third-order valence-electron chi connectivity index (χ3n) is 3.30. The molecule has 1 atom stereocenters. The van der Waals surface area contributed by atoms with Crippen LogP contribution in [0.4, 0.5) is 4.39 Å². The molecule has 0 radical (unpaired) electrons. The van der Waals surface area contributed by atoms with E-state index in [1.807, 2.05) is 6.07 Å². The van der Waals surface area contributed by atoms with Crippen molar-refractivity contribution in [2.45, 2.75) is 13.0 Å². The highest BCUT2D eigenvalue weighted by molar-refractivity contribution is 6.31. The third-order valence-corrected chi connectivity index (χ3v) is 3.64. The first kappa shape index (κ1) is 18.7. The van der Waals surface area contributed by atoms with E-state index in [-0.39, 0.29) is 11.8 Å². The van der Waals surface area contributed by atoms with E-state index >= 15 is 0 Å². The second kappa shape index (κ2) is 9.03. The first-order valence-electron chi connectivity index (χ1n) is 7.54. The fraction of sp³-hybridized carbons (Fsp3) is 0.222. The first-order valence-corrected chi connectivity index (χ1v) is 7.92. The van der Waals surface area contributed by atoms with Crippen molar-refractivity contribution in [3.8, 4) is 5.75 Å². The fourth-order valence-electron chi connectivity index (χ4n) is 2.07. The molecule has 2 aromatic carbocycles. The lowest BCUT2D eigenvalue weighted by atomic mass is 10.1. The SMILES string of the molecule is C[C@H](NC(=O)COC(=O)COc1ccccc1F)c1ccccc1Cl. The second-order valence-electron chi connectivity index (χ2n) is 5.19. The monoisotopic (exact) mass is 365 g/mol. The van der Waals surface area contributed by atoms with Crippen molar-refractivity contribution in [1.82, 2.24) is 5.32 Å². The van der Waals surface area contributed by atoms with Gasteiger partial charge in [-0.25, -0.2) is 9.18 Å². The van der Waals surface area contributed by atoms with Crippen molar-refractivity contribution in [1.29, 1.82) is 0 Å². The molecule has 5 nitrogen and oxygen atoms in total. The average Bonchev–Trinajstić information content (AvgIpc) is 2.59. The minimum atomic E-state index is -0.774. The fourth-order valence-corrected chi connectivity index (χ4v) is 2.37. The van der Waals surface area contributed by atoms with Crippen molar-refractivity contribution < 1.29 is 23.5 Å². The minimum Gasteiger partial charge on any atom is -0.479 e. The third kappa shape index (κ3) is 5.76. The van der Waals surface area contributed by atoms with Crippen LogP contribution in [0.2, 0.25) is 5.02 Å². The molecule has 0 aliphatic carbocycles. The van der Waals surface area contributed by atoms with E-state index in [1.54, 1.807) is 31.2 Å². The number of nitrogens with one attached hydrogen (secondary N) is 1. The highest BCUT2D eigenvalue weighted by Gasteiger charge is 2.14. The Hall–Kier alpha value is -2.60. The van der Waals surface area contributed by atoms with Crippen LogP contribution in [0.15, 0.2) is 48.5 Å². The summed E-state index contributed by atoms with van der Waals surface area (Å²) in [6.45, 7) is 0.810. The van der Waals surface area contributed by atoms with Gasteiger partial charge in [0.05, 0.1) is 6.04 Å². The van der Waals surface area contributed by atoms with Crippen LogP contribution in [-0.4, -0.2) is 25.1 Å². The molecule has 2 rings (SSSR count). The zero-order valence-corrected chi connectivity index (χ0v) is 14.3. The van der Waals surface area contributed by atoms with Gasteiger partial charge < -0.3 is 14.8 Å². The molecule has 2 aromatic rings. The number of esters is 1. The quantitative estimate of drug-likeness (QED) is 0.765. The van der Waals surface area contributed by atoms with E-state index < -0.39 is 30.9 Å². The Morgan fingerprint density at radius 1 is 1.12 bits per heavy atom. The van der Waals surface area contributed by atoms with Gasteiger partial charge in [0, 0.05) is 5.02 Å². The summed E-state index contributed by atoms with van der Waals surface area (Å²) in [4.78, 5) is 23.4. The standard InChI is InChI=1S/C18H17ClFNO4/c1-12(13-6-2-3-7-14(13)19)21-17(22)10-25-18(23)11-24-16-9-5-4-8-15(16)20/h2-9,12H,10-11H2,1H3,(H,21,22)/t12-/m0/s1. The van der Waals surface area contributed by atoms with E-state index in [9.17, 15) is 14.0 Å². The molecule has 7 heteroatoms. The van der Waals surface area contributed by atoms with Crippen LogP contribution in [0, 0.1) is 5.82 Å². The molecule has 1 amide bonds. The first-order chi connectivity index (χ1) is 12.0. The molecule has 0 bridgehead atoms. The molecule has 25 heavy (non-hydrogen) atoms. The summed E-state index contributed by atoms with van der Waals surface area (Å²) in [5.74, 6) is -1.90. The summed E-state index contributed by atoms with van der Waals surface area (Å²) >= 11 is 6.06. The number of para-hydroxylation sites is 1. The van der Waals surface area contributed by atoms with Crippen LogP contribution < -0.4 is 10.1 Å². The molecule has 132 valence electrons. The molecule has 0 heterocycles. The van der Waals surface area contributed by atoms with Crippen molar-refractivity contribution in [3.05, 3.63) is 64.9 Å². The molecular formula is C18H17ClFNO4. The van der Waals surface area contributed by atoms with Gasteiger partial charge in [0.2, 0.25) is 0 Å². The van der Waals surface area contributed by atoms with Gasteiger partial charge in [-0.2, -0.15) is 0 Å². The van der Waals surface area contributed by atoms with E-state index in [4.69, 9.17) is 21.1 Å². The molecule has 1 N–H and O–H groups in total. The zero-order valence-electron chi connectivity index (χ0n) is 13.5. The van der Waals surface area contributed by atoms with Gasteiger partial charge in [0.15, 0.2) is 24.8 Å². The minimum absolute atomic E-state index is 0.0590. The van der Waals surface area contributed by atoms with Crippen molar-refractivity contribution in [3.63, 3.8) is 0 Å². The van der Waals surface area contributed by atoms with Crippen molar-refractivity contribution in [2.75, 3.05) is 13.2 Å². The van der Waals surface area contributed by atoms with E-state index in [2.05, 4.69) is 5.32 Å². The maximum atomic E-state index is 13.3. The number of halogens is 2. The van der Waals surface area contributed by atoms with Crippen LogP contribution in [-0.2, 0) is 14.3 Å². The average molecular weight is 366 g/mol. The Labute approximate surface area is 149 Å². The normalized spacial score (nSPS) is 11.5. The summed E-state index contributed by atoms with van der Waals surface area (Å²) in [6.07, 6.45) is 0. The Balaban J connectivity index is 1.75. The lowest BCUT2D eigenvalue weighted by Crippen LogP contribution is -2.32.